The van der Waals surface area contributed by atoms with Crippen molar-refractivity contribution in [3.8, 4) is 0 Å². The number of aromatic nitrogens is 3. The van der Waals surface area contributed by atoms with E-state index in [4.69, 9.17) is 10.5 Å². The monoisotopic (exact) mass is 292 g/mol. The fourth-order valence-corrected chi connectivity index (χ4v) is 3.07. The van der Waals surface area contributed by atoms with E-state index in [1.54, 1.807) is 0 Å². The molecular weight excluding hydrogens is 268 g/mol. The zero-order valence-corrected chi connectivity index (χ0v) is 12.7. The molecular formula is C14H24N6O. The lowest BCUT2D eigenvalue weighted by Crippen LogP contribution is -2.38. The van der Waals surface area contributed by atoms with E-state index in [1.807, 2.05) is 0 Å². The van der Waals surface area contributed by atoms with Crippen molar-refractivity contribution >= 4 is 17.8 Å². The van der Waals surface area contributed by atoms with E-state index in [9.17, 15) is 0 Å². The van der Waals surface area contributed by atoms with Gasteiger partial charge in [0.1, 0.15) is 0 Å². The van der Waals surface area contributed by atoms with Gasteiger partial charge in [-0.15, -0.1) is 0 Å². The summed E-state index contributed by atoms with van der Waals surface area (Å²) in [5.41, 5.74) is 5.88. The Kier molecular flexibility index (Phi) is 4.38. The van der Waals surface area contributed by atoms with Crippen LogP contribution in [0.1, 0.15) is 26.2 Å². The Morgan fingerprint density at radius 2 is 1.81 bits per heavy atom. The van der Waals surface area contributed by atoms with Crippen LogP contribution >= 0.6 is 0 Å². The van der Waals surface area contributed by atoms with Crippen molar-refractivity contribution in [3.05, 3.63) is 0 Å². The Bertz CT molecular complexity index is 477. The fourth-order valence-electron chi connectivity index (χ4n) is 3.07. The summed E-state index contributed by atoms with van der Waals surface area (Å²) in [7, 11) is 0. The molecule has 116 valence electrons. The molecule has 2 saturated heterocycles. The van der Waals surface area contributed by atoms with Gasteiger partial charge in [0.15, 0.2) is 0 Å². The molecule has 1 atom stereocenters. The number of morpholine rings is 1. The Morgan fingerprint density at radius 3 is 2.52 bits per heavy atom. The molecule has 1 unspecified atom stereocenters. The number of rotatable bonds is 4. The smallest absolute Gasteiger partial charge is 0.232 e. The maximum absolute atomic E-state index is 5.88. The molecule has 0 spiro atoms. The summed E-state index contributed by atoms with van der Waals surface area (Å²) in [4.78, 5) is 17.6. The quantitative estimate of drug-likeness (QED) is 0.883. The van der Waals surface area contributed by atoms with Gasteiger partial charge in [-0.25, -0.2) is 0 Å². The average Bonchev–Trinajstić information content (AvgIpc) is 2.97. The van der Waals surface area contributed by atoms with Crippen LogP contribution in [0.25, 0.3) is 0 Å². The highest BCUT2D eigenvalue weighted by Gasteiger charge is 2.25. The number of anilines is 3. The lowest BCUT2D eigenvalue weighted by molar-refractivity contribution is 0.122. The first kappa shape index (κ1) is 14.3. The average molecular weight is 292 g/mol. The van der Waals surface area contributed by atoms with Gasteiger partial charge >= 0.3 is 0 Å². The van der Waals surface area contributed by atoms with Gasteiger partial charge < -0.3 is 20.3 Å². The summed E-state index contributed by atoms with van der Waals surface area (Å²) in [6, 6.07) is 0. The van der Waals surface area contributed by atoms with E-state index < -0.39 is 0 Å². The molecule has 0 bridgehead atoms. The van der Waals surface area contributed by atoms with Crippen LogP contribution in [0.3, 0.4) is 0 Å². The molecule has 21 heavy (non-hydrogen) atoms. The summed E-state index contributed by atoms with van der Waals surface area (Å²) < 4.78 is 5.37. The molecule has 0 saturated carbocycles. The summed E-state index contributed by atoms with van der Waals surface area (Å²) >= 11 is 0. The number of nitrogens with zero attached hydrogens (tertiary/aromatic N) is 5. The van der Waals surface area contributed by atoms with Crippen LogP contribution in [-0.4, -0.2) is 54.3 Å². The van der Waals surface area contributed by atoms with Crippen molar-refractivity contribution in [2.45, 2.75) is 26.2 Å². The molecule has 0 amide bonds. The van der Waals surface area contributed by atoms with Crippen LogP contribution < -0.4 is 15.5 Å². The summed E-state index contributed by atoms with van der Waals surface area (Å²) in [6.45, 7) is 7.31. The molecule has 1 aromatic rings. The number of hydrogen-bond donors (Lipinski definition) is 1. The third kappa shape index (κ3) is 3.34. The maximum atomic E-state index is 5.88. The number of nitrogen functional groups attached to an aromatic ring is 1. The maximum Gasteiger partial charge on any atom is 0.232 e. The molecule has 7 nitrogen and oxygen atoms in total. The SMILES string of the molecule is CCCC1CCN(c2nc(N)nc(N3CCOCC3)n2)C1. The molecule has 3 heterocycles. The molecule has 0 aliphatic carbocycles. The van der Waals surface area contributed by atoms with Crippen molar-refractivity contribution in [1.82, 2.24) is 15.0 Å². The van der Waals surface area contributed by atoms with E-state index in [0.29, 0.717) is 25.1 Å². The molecule has 7 heteroatoms. The van der Waals surface area contributed by atoms with Gasteiger partial charge in [0.25, 0.3) is 0 Å². The summed E-state index contributed by atoms with van der Waals surface area (Å²) in [5, 5.41) is 0. The van der Waals surface area contributed by atoms with Crippen LogP contribution in [0.5, 0.6) is 0 Å². The third-order valence-corrected chi connectivity index (χ3v) is 4.19. The van der Waals surface area contributed by atoms with Crippen LogP contribution in [0, 0.1) is 5.92 Å². The highest BCUT2D eigenvalue weighted by Crippen LogP contribution is 2.25. The van der Waals surface area contributed by atoms with Gasteiger partial charge in [0.05, 0.1) is 13.2 Å². The van der Waals surface area contributed by atoms with E-state index >= 15 is 0 Å². The van der Waals surface area contributed by atoms with Crippen molar-refractivity contribution in [2.24, 2.45) is 5.92 Å². The number of hydrogen-bond acceptors (Lipinski definition) is 7. The van der Waals surface area contributed by atoms with Gasteiger partial charge in [0, 0.05) is 26.2 Å². The van der Waals surface area contributed by atoms with E-state index in [-0.39, 0.29) is 0 Å². The van der Waals surface area contributed by atoms with Gasteiger partial charge in [-0.3, -0.25) is 0 Å². The molecule has 0 aromatic carbocycles. The second kappa shape index (κ2) is 6.43. The van der Waals surface area contributed by atoms with Crippen LogP contribution in [0.15, 0.2) is 0 Å². The largest absolute Gasteiger partial charge is 0.378 e. The van der Waals surface area contributed by atoms with Gasteiger partial charge in [-0.05, 0) is 18.8 Å². The molecule has 2 aliphatic heterocycles. The Morgan fingerprint density at radius 1 is 1.10 bits per heavy atom. The van der Waals surface area contributed by atoms with Gasteiger partial charge in [-0.2, -0.15) is 15.0 Å². The fraction of sp³-hybridized carbons (Fsp3) is 0.786. The van der Waals surface area contributed by atoms with Crippen molar-refractivity contribution < 1.29 is 4.74 Å². The minimum atomic E-state index is 0.306. The van der Waals surface area contributed by atoms with Crippen LogP contribution in [0.2, 0.25) is 0 Å². The predicted octanol–water partition coefficient (Wildman–Crippen LogP) is 0.917. The minimum Gasteiger partial charge on any atom is -0.378 e. The first-order valence-electron chi connectivity index (χ1n) is 7.85. The summed E-state index contributed by atoms with van der Waals surface area (Å²) in [5.74, 6) is 2.46. The Labute approximate surface area is 125 Å². The van der Waals surface area contributed by atoms with Crippen molar-refractivity contribution in [1.29, 1.82) is 0 Å². The molecule has 0 radical (unpaired) electrons. The highest BCUT2D eigenvalue weighted by atomic mass is 16.5. The zero-order chi connectivity index (χ0) is 14.7. The van der Waals surface area contributed by atoms with Crippen molar-refractivity contribution in [3.63, 3.8) is 0 Å². The predicted molar refractivity (Wildman–Crippen MR) is 82.5 cm³/mol. The molecule has 2 N–H and O–H groups in total. The van der Waals surface area contributed by atoms with E-state index in [0.717, 1.165) is 38.0 Å². The van der Waals surface area contributed by atoms with Crippen molar-refractivity contribution in [2.75, 3.05) is 54.9 Å². The summed E-state index contributed by atoms with van der Waals surface area (Å²) in [6.07, 6.45) is 3.72. The molecule has 3 rings (SSSR count). The highest BCUT2D eigenvalue weighted by molar-refractivity contribution is 5.44. The second-order valence-electron chi connectivity index (χ2n) is 5.78. The lowest BCUT2D eigenvalue weighted by Gasteiger charge is -2.27. The first-order valence-corrected chi connectivity index (χ1v) is 7.85. The van der Waals surface area contributed by atoms with Crippen LogP contribution in [-0.2, 0) is 4.74 Å². The lowest BCUT2D eigenvalue weighted by atomic mass is 10.0. The number of nitrogens with two attached hydrogens (primary N) is 1. The second-order valence-corrected chi connectivity index (χ2v) is 5.78. The van der Waals surface area contributed by atoms with E-state index in [1.165, 1.54) is 19.3 Å². The Balaban J connectivity index is 1.75. The third-order valence-electron chi connectivity index (χ3n) is 4.19. The zero-order valence-electron chi connectivity index (χ0n) is 12.7. The minimum absolute atomic E-state index is 0.306. The molecule has 2 aliphatic rings. The van der Waals surface area contributed by atoms with Gasteiger partial charge in [-0.1, -0.05) is 13.3 Å². The standard InChI is InChI=1S/C14H24N6O/c1-2-3-11-4-5-20(10-11)14-17-12(15)16-13(18-14)19-6-8-21-9-7-19/h11H,2-10H2,1H3,(H2,15,16,17,18). The normalized spacial score (nSPS) is 22.8. The first-order chi connectivity index (χ1) is 10.3. The topological polar surface area (TPSA) is 80.4 Å². The molecule has 2 fully saturated rings. The van der Waals surface area contributed by atoms with Crippen LogP contribution in [0.4, 0.5) is 17.8 Å². The van der Waals surface area contributed by atoms with E-state index in [2.05, 4.69) is 31.7 Å². The Hall–Kier alpha value is -1.63. The molecule has 1 aromatic heterocycles. The number of ether oxygens (including phenoxy) is 1. The van der Waals surface area contributed by atoms with Gasteiger partial charge in [0.2, 0.25) is 17.8 Å².